The molecule has 0 aromatic rings. The quantitative estimate of drug-likeness (QED) is 0.628. The van der Waals surface area contributed by atoms with Crippen LogP contribution in [0.15, 0.2) is 0 Å². The van der Waals surface area contributed by atoms with Gasteiger partial charge in [0.15, 0.2) is 0 Å². The molecule has 0 spiro atoms. The van der Waals surface area contributed by atoms with E-state index >= 15 is 0 Å². The smallest absolute Gasteiger partial charge is 0.315 e. The van der Waals surface area contributed by atoms with Crippen LogP contribution in [0.25, 0.3) is 0 Å². The summed E-state index contributed by atoms with van der Waals surface area (Å²) in [6, 6.07) is 0.436. The average molecular weight is 214 g/mol. The van der Waals surface area contributed by atoms with E-state index in [-0.39, 0.29) is 18.1 Å². The second-order valence-corrected chi connectivity index (χ2v) is 4.52. The Morgan fingerprint density at radius 2 is 1.73 bits per heavy atom. The van der Waals surface area contributed by atoms with Crippen LogP contribution >= 0.6 is 0 Å². The second-order valence-electron chi connectivity index (χ2n) is 4.52. The summed E-state index contributed by atoms with van der Waals surface area (Å²) in [5.74, 6) is 0. The van der Waals surface area contributed by atoms with Crippen LogP contribution in [-0.4, -0.2) is 18.1 Å². The summed E-state index contributed by atoms with van der Waals surface area (Å²) in [4.78, 5) is 11.3. The molecule has 0 aliphatic heterocycles. The van der Waals surface area contributed by atoms with Crippen LogP contribution in [0.2, 0.25) is 0 Å². The van der Waals surface area contributed by atoms with Gasteiger partial charge < -0.3 is 10.6 Å². The Bertz CT molecular complexity index is 169. The van der Waals surface area contributed by atoms with E-state index in [1.54, 1.807) is 0 Å². The summed E-state index contributed by atoms with van der Waals surface area (Å²) in [5, 5.41) is 5.76. The number of urea groups is 1. The Morgan fingerprint density at radius 1 is 1.07 bits per heavy atom. The van der Waals surface area contributed by atoms with Gasteiger partial charge in [-0.15, -0.1) is 0 Å². The van der Waals surface area contributed by atoms with Crippen molar-refractivity contribution in [1.82, 2.24) is 10.6 Å². The Morgan fingerprint density at radius 3 is 2.27 bits per heavy atom. The highest BCUT2D eigenvalue weighted by Gasteiger charge is 2.06. The maximum Gasteiger partial charge on any atom is 0.315 e. The normalized spacial score (nSPS) is 12.6. The fourth-order valence-electron chi connectivity index (χ4n) is 1.48. The van der Waals surface area contributed by atoms with Gasteiger partial charge in [-0.25, -0.2) is 4.79 Å². The zero-order chi connectivity index (χ0) is 11.7. The molecule has 0 bridgehead atoms. The molecule has 3 heteroatoms. The van der Waals surface area contributed by atoms with Gasteiger partial charge in [0.1, 0.15) is 0 Å². The minimum absolute atomic E-state index is 0.0482. The van der Waals surface area contributed by atoms with E-state index in [0.29, 0.717) is 0 Å². The van der Waals surface area contributed by atoms with Crippen molar-refractivity contribution in [2.24, 2.45) is 0 Å². The molecule has 0 aromatic carbocycles. The summed E-state index contributed by atoms with van der Waals surface area (Å²) in [7, 11) is 0. The molecule has 0 fully saturated rings. The van der Waals surface area contributed by atoms with Crippen LogP contribution in [0, 0.1) is 0 Å². The van der Waals surface area contributed by atoms with Gasteiger partial charge in [0, 0.05) is 12.1 Å². The third kappa shape index (κ3) is 9.57. The van der Waals surface area contributed by atoms with Gasteiger partial charge >= 0.3 is 6.03 Å². The van der Waals surface area contributed by atoms with Crippen LogP contribution in [0.1, 0.15) is 59.8 Å². The van der Waals surface area contributed by atoms with Crippen LogP contribution in [0.3, 0.4) is 0 Å². The molecular weight excluding hydrogens is 188 g/mol. The van der Waals surface area contributed by atoms with Crippen LogP contribution in [0.5, 0.6) is 0 Å². The lowest BCUT2D eigenvalue weighted by Crippen LogP contribution is -2.43. The van der Waals surface area contributed by atoms with Gasteiger partial charge in [-0.2, -0.15) is 0 Å². The van der Waals surface area contributed by atoms with Crippen LogP contribution in [0.4, 0.5) is 4.79 Å². The van der Waals surface area contributed by atoms with E-state index in [4.69, 9.17) is 0 Å². The number of carbonyl (C=O) groups excluding carboxylic acids is 1. The summed E-state index contributed by atoms with van der Waals surface area (Å²) < 4.78 is 0. The first kappa shape index (κ1) is 14.3. The fraction of sp³-hybridized carbons (Fsp3) is 0.917. The highest BCUT2D eigenvalue weighted by molar-refractivity contribution is 5.74. The molecule has 15 heavy (non-hydrogen) atoms. The van der Waals surface area contributed by atoms with E-state index in [9.17, 15) is 4.79 Å². The highest BCUT2D eigenvalue weighted by Crippen LogP contribution is 2.04. The average Bonchev–Trinajstić information content (AvgIpc) is 2.10. The Labute approximate surface area is 94.0 Å². The lowest BCUT2D eigenvalue weighted by Gasteiger charge is -2.15. The SMILES string of the molecule is CCCCCCC(C)NC(=O)NC(C)C. The molecular formula is C12H26N2O. The molecule has 0 aromatic heterocycles. The van der Waals surface area contributed by atoms with E-state index in [1.165, 1.54) is 25.7 Å². The minimum Gasteiger partial charge on any atom is -0.336 e. The number of carbonyl (C=O) groups is 1. The lowest BCUT2D eigenvalue weighted by atomic mass is 10.1. The zero-order valence-corrected chi connectivity index (χ0v) is 10.6. The van der Waals surface area contributed by atoms with E-state index in [2.05, 4.69) is 24.5 Å². The van der Waals surface area contributed by atoms with Crippen molar-refractivity contribution in [2.45, 2.75) is 71.9 Å². The summed E-state index contributed by atoms with van der Waals surface area (Å²) in [6.45, 7) is 8.20. The number of amides is 2. The molecule has 1 unspecified atom stereocenters. The molecule has 2 N–H and O–H groups in total. The lowest BCUT2D eigenvalue weighted by molar-refractivity contribution is 0.234. The van der Waals surface area contributed by atoms with Crippen molar-refractivity contribution < 1.29 is 4.79 Å². The Kier molecular flexibility index (Phi) is 8.15. The van der Waals surface area contributed by atoms with Crippen molar-refractivity contribution >= 4 is 6.03 Å². The van der Waals surface area contributed by atoms with Gasteiger partial charge in [-0.05, 0) is 27.2 Å². The van der Waals surface area contributed by atoms with E-state index < -0.39 is 0 Å². The number of hydrogen-bond acceptors (Lipinski definition) is 1. The molecule has 90 valence electrons. The second kappa shape index (κ2) is 8.57. The first-order chi connectivity index (χ1) is 7.06. The molecule has 0 radical (unpaired) electrons. The standard InChI is InChI=1S/C12H26N2O/c1-5-6-7-8-9-11(4)14-12(15)13-10(2)3/h10-11H,5-9H2,1-4H3,(H2,13,14,15). The van der Waals surface area contributed by atoms with Crippen molar-refractivity contribution in [3.05, 3.63) is 0 Å². The molecule has 0 saturated carbocycles. The molecule has 0 aliphatic rings. The van der Waals surface area contributed by atoms with Gasteiger partial charge in [0.25, 0.3) is 0 Å². The molecule has 0 rings (SSSR count). The monoisotopic (exact) mass is 214 g/mol. The summed E-state index contributed by atoms with van der Waals surface area (Å²) in [6.07, 6.45) is 6.11. The van der Waals surface area contributed by atoms with Crippen molar-refractivity contribution in [1.29, 1.82) is 0 Å². The Balaban J connectivity index is 3.46. The molecule has 1 atom stereocenters. The fourth-order valence-corrected chi connectivity index (χ4v) is 1.48. The molecule has 0 saturated heterocycles. The molecule has 2 amide bonds. The number of hydrogen-bond donors (Lipinski definition) is 2. The third-order valence-corrected chi connectivity index (χ3v) is 2.29. The van der Waals surface area contributed by atoms with Gasteiger partial charge in [-0.3, -0.25) is 0 Å². The third-order valence-electron chi connectivity index (χ3n) is 2.29. The number of nitrogens with one attached hydrogen (secondary N) is 2. The maximum absolute atomic E-state index is 11.3. The molecule has 3 nitrogen and oxygen atoms in total. The number of rotatable bonds is 7. The number of unbranched alkanes of at least 4 members (excludes halogenated alkanes) is 3. The van der Waals surface area contributed by atoms with Gasteiger partial charge in [0.2, 0.25) is 0 Å². The molecule has 0 heterocycles. The summed E-state index contributed by atoms with van der Waals surface area (Å²) >= 11 is 0. The van der Waals surface area contributed by atoms with Crippen LogP contribution < -0.4 is 10.6 Å². The predicted octanol–water partition coefficient (Wildman–Crippen LogP) is 3.05. The van der Waals surface area contributed by atoms with Gasteiger partial charge in [-0.1, -0.05) is 32.6 Å². The van der Waals surface area contributed by atoms with E-state index in [1.807, 2.05) is 13.8 Å². The minimum atomic E-state index is -0.0482. The predicted molar refractivity (Wildman–Crippen MR) is 65.0 cm³/mol. The maximum atomic E-state index is 11.3. The Hall–Kier alpha value is -0.730. The first-order valence-corrected chi connectivity index (χ1v) is 6.13. The van der Waals surface area contributed by atoms with Crippen LogP contribution in [-0.2, 0) is 0 Å². The van der Waals surface area contributed by atoms with Gasteiger partial charge in [0.05, 0.1) is 0 Å². The van der Waals surface area contributed by atoms with Crippen molar-refractivity contribution in [2.75, 3.05) is 0 Å². The van der Waals surface area contributed by atoms with E-state index in [0.717, 1.165) is 6.42 Å². The zero-order valence-electron chi connectivity index (χ0n) is 10.6. The summed E-state index contributed by atoms with van der Waals surface area (Å²) in [5.41, 5.74) is 0. The molecule has 0 aliphatic carbocycles. The largest absolute Gasteiger partial charge is 0.336 e. The van der Waals surface area contributed by atoms with Crippen molar-refractivity contribution in [3.8, 4) is 0 Å². The topological polar surface area (TPSA) is 41.1 Å². The highest BCUT2D eigenvalue weighted by atomic mass is 16.2. The first-order valence-electron chi connectivity index (χ1n) is 6.13. The van der Waals surface area contributed by atoms with Crippen molar-refractivity contribution in [3.63, 3.8) is 0 Å².